The third-order valence-electron chi connectivity index (χ3n) is 3.44. The molecule has 0 aromatic carbocycles. The molecule has 0 aliphatic heterocycles. The van der Waals surface area contributed by atoms with Gasteiger partial charge in [-0.25, -0.2) is 9.50 Å². The third kappa shape index (κ3) is 3.77. The van der Waals surface area contributed by atoms with Crippen molar-refractivity contribution in [3.8, 4) is 0 Å². The lowest BCUT2D eigenvalue weighted by Crippen LogP contribution is -2.30. The van der Waals surface area contributed by atoms with E-state index in [2.05, 4.69) is 28.9 Å². The molecule has 21 heavy (non-hydrogen) atoms. The van der Waals surface area contributed by atoms with Gasteiger partial charge in [0.25, 0.3) is 5.78 Å². The van der Waals surface area contributed by atoms with E-state index in [1.54, 1.807) is 9.42 Å². The Morgan fingerprint density at radius 3 is 2.71 bits per heavy atom. The Labute approximate surface area is 125 Å². The molecule has 0 atom stereocenters. The average Bonchev–Trinajstić information content (AvgIpc) is 2.78. The highest BCUT2D eigenvalue weighted by Crippen LogP contribution is 2.07. The molecule has 0 spiro atoms. The molecule has 114 valence electrons. The predicted octanol–water partition coefficient (Wildman–Crippen LogP) is 1.79. The van der Waals surface area contributed by atoms with Crippen LogP contribution in [0.4, 0.5) is 0 Å². The summed E-state index contributed by atoms with van der Waals surface area (Å²) < 4.78 is 1.68. The molecule has 0 N–H and O–H groups in total. The number of rotatable bonds is 5. The van der Waals surface area contributed by atoms with Crippen molar-refractivity contribution in [2.75, 3.05) is 13.6 Å². The SMILES string of the molecule is Cc1cc(C)n2nc(CC(=O)N(C)CCC(C)C)nc2n1. The molecule has 0 aliphatic rings. The van der Waals surface area contributed by atoms with Gasteiger partial charge in [0.2, 0.25) is 5.91 Å². The molecule has 0 saturated carbocycles. The summed E-state index contributed by atoms with van der Waals surface area (Å²) in [6, 6.07) is 1.95. The van der Waals surface area contributed by atoms with Crippen molar-refractivity contribution in [1.82, 2.24) is 24.5 Å². The zero-order valence-corrected chi connectivity index (χ0v) is 13.4. The minimum Gasteiger partial charge on any atom is -0.345 e. The number of likely N-dealkylation sites (N-methyl/N-ethyl adjacent to an activating group) is 1. The lowest BCUT2D eigenvalue weighted by molar-refractivity contribution is -0.129. The fraction of sp³-hybridized carbons (Fsp3) is 0.600. The molecule has 0 saturated heterocycles. The van der Waals surface area contributed by atoms with Gasteiger partial charge in [-0.15, -0.1) is 5.10 Å². The predicted molar refractivity (Wildman–Crippen MR) is 81.1 cm³/mol. The van der Waals surface area contributed by atoms with E-state index >= 15 is 0 Å². The van der Waals surface area contributed by atoms with E-state index in [1.165, 1.54) is 0 Å². The van der Waals surface area contributed by atoms with Crippen LogP contribution in [-0.2, 0) is 11.2 Å². The van der Waals surface area contributed by atoms with Gasteiger partial charge in [0.1, 0.15) is 0 Å². The fourth-order valence-electron chi connectivity index (χ4n) is 2.13. The van der Waals surface area contributed by atoms with Crippen LogP contribution in [0.15, 0.2) is 6.07 Å². The number of fused-ring (bicyclic) bond motifs is 1. The van der Waals surface area contributed by atoms with Crippen LogP contribution >= 0.6 is 0 Å². The first-order chi connectivity index (χ1) is 9.86. The standard InChI is InChI=1S/C15H23N5O/c1-10(2)6-7-19(5)14(21)9-13-17-15-16-11(3)8-12(4)20(15)18-13/h8,10H,6-7,9H2,1-5H3. The molecular formula is C15H23N5O. The van der Waals surface area contributed by atoms with Gasteiger partial charge in [0, 0.05) is 25.0 Å². The van der Waals surface area contributed by atoms with E-state index in [9.17, 15) is 4.79 Å². The third-order valence-corrected chi connectivity index (χ3v) is 3.44. The smallest absolute Gasteiger partial charge is 0.252 e. The fourth-order valence-corrected chi connectivity index (χ4v) is 2.13. The van der Waals surface area contributed by atoms with Gasteiger partial charge in [-0.05, 0) is 32.3 Å². The van der Waals surface area contributed by atoms with Gasteiger partial charge < -0.3 is 4.90 Å². The number of aromatic nitrogens is 4. The summed E-state index contributed by atoms with van der Waals surface area (Å²) in [5, 5.41) is 4.37. The molecule has 2 rings (SSSR count). The lowest BCUT2D eigenvalue weighted by Gasteiger charge is -2.17. The molecule has 1 amide bonds. The highest BCUT2D eigenvalue weighted by atomic mass is 16.2. The topological polar surface area (TPSA) is 63.4 Å². The molecular weight excluding hydrogens is 266 g/mol. The van der Waals surface area contributed by atoms with Crippen LogP contribution in [-0.4, -0.2) is 44.0 Å². The van der Waals surface area contributed by atoms with E-state index in [-0.39, 0.29) is 12.3 Å². The second-order valence-corrected chi connectivity index (χ2v) is 5.95. The number of carbonyl (C=O) groups excluding carboxylic acids is 1. The molecule has 6 nitrogen and oxygen atoms in total. The quantitative estimate of drug-likeness (QED) is 0.842. The van der Waals surface area contributed by atoms with E-state index < -0.39 is 0 Å². The van der Waals surface area contributed by atoms with Crippen molar-refractivity contribution in [1.29, 1.82) is 0 Å². The van der Waals surface area contributed by atoms with Crippen LogP contribution in [0.1, 0.15) is 37.5 Å². The molecule has 0 unspecified atom stereocenters. The number of hydrogen-bond acceptors (Lipinski definition) is 4. The molecule has 0 radical (unpaired) electrons. The van der Waals surface area contributed by atoms with Gasteiger partial charge in [0.15, 0.2) is 5.82 Å². The second-order valence-electron chi connectivity index (χ2n) is 5.95. The largest absolute Gasteiger partial charge is 0.345 e. The van der Waals surface area contributed by atoms with Crippen molar-refractivity contribution < 1.29 is 4.79 Å². The Morgan fingerprint density at radius 2 is 2.05 bits per heavy atom. The summed E-state index contributed by atoms with van der Waals surface area (Å²) in [7, 11) is 1.83. The number of nitrogens with zero attached hydrogens (tertiary/aromatic N) is 5. The van der Waals surface area contributed by atoms with Gasteiger partial charge in [-0.1, -0.05) is 13.8 Å². The molecule has 2 heterocycles. The van der Waals surface area contributed by atoms with Gasteiger partial charge in [-0.3, -0.25) is 4.79 Å². The highest BCUT2D eigenvalue weighted by molar-refractivity contribution is 5.77. The van der Waals surface area contributed by atoms with E-state index in [0.29, 0.717) is 17.5 Å². The van der Waals surface area contributed by atoms with Crippen LogP contribution in [0.5, 0.6) is 0 Å². The summed E-state index contributed by atoms with van der Waals surface area (Å²) >= 11 is 0. The summed E-state index contributed by atoms with van der Waals surface area (Å²) in [5.74, 6) is 1.71. The van der Waals surface area contributed by atoms with Crippen molar-refractivity contribution in [2.24, 2.45) is 5.92 Å². The Morgan fingerprint density at radius 1 is 1.33 bits per heavy atom. The summed E-state index contributed by atoms with van der Waals surface area (Å²) in [5.41, 5.74) is 1.87. The zero-order valence-electron chi connectivity index (χ0n) is 13.4. The van der Waals surface area contributed by atoms with Crippen LogP contribution in [0, 0.1) is 19.8 Å². The molecule has 0 aliphatic carbocycles. The average molecular weight is 289 g/mol. The highest BCUT2D eigenvalue weighted by Gasteiger charge is 2.15. The van der Waals surface area contributed by atoms with Crippen LogP contribution in [0.3, 0.4) is 0 Å². The Bertz CT molecular complexity index is 647. The minimum absolute atomic E-state index is 0.0425. The number of amides is 1. The summed E-state index contributed by atoms with van der Waals surface area (Å²) in [6.45, 7) is 8.95. The maximum Gasteiger partial charge on any atom is 0.252 e. The van der Waals surface area contributed by atoms with Crippen LogP contribution in [0.2, 0.25) is 0 Å². The first-order valence-electron chi connectivity index (χ1n) is 7.30. The van der Waals surface area contributed by atoms with Crippen molar-refractivity contribution in [2.45, 2.75) is 40.5 Å². The van der Waals surface area contributed by atoms with Crippen molar-refractivity contribution in [3.63, 3.8) is 0 Å². The first-order valence-corrected chi connectivity index (χ1v) is 7.30. The Balaban J connectivity index is 2.09. The molecule has 0 bridgehead atoms. The number of hydrogen-bond donors (Lipinski definition) is 0. The van der Waals surface area contributed by atoms with Crippen molar-refractivity contribution in [3.05, 3.63) is 23.3 Å². The zero-order chi connectivity index (χ0) is 15.6. The molecule has 6 heteroatoms. The maximum atomic E-state index is 12.2. The van der Waals surface area contributed by atoms with E-state index in [4.69, 9.17) is 0 Å². The second kappa shape index (κ2) is 6.20. The maximum absolute atomic E-state index is 12.2. The van der Waals surface area contributed by atoms with Gasteiger partial charge in [-0.2, -0.15) is 4.98 Å². The summed E-state index contributed by atoms with van der Waals surface area (Å²) in [6.07, 6.45) is 1.22. The molecule has 2 aromatic rings. The van der Waals surface area contributed by atoms with Crippen molar-refractivity contribution >= 4 is 11.7 Å². The normalized spacial score (nSPS) is 11.3. The van der Waals surface area contributed by atoms with Crippen LogP contribution < -0.4 is 0 Å². The van der Waals surface area contributed by atoms with Gasteiger partial charge >= 0.3 is 0 Å². The monoisotopic (exact) mass is 289 g/mol. The Hall–Kier alpha value is -1.98. The van der Waals surface area contributed by atoms with E-state index in [0.717, 1.165) is 24.4 Å². The van der Waals surface area contributed by atoms with E-state index in [1.807, 2.05) is 27.0 Å². The first kappa shape index (κ1) is 15.4. The molecule has 0 fully saturated rings. The number of carbonyl (C=O) groups is 1. The lowest BCUT2D eigenvalue weighted by atomic mass is 10.1. The Kier molecular flexibility index (Phi) is 4.55. The summed E-state index contributed by atoms with van der Waals surface area (Å²) in [4.78, 5) is 22.6. The molecule has 2 aromatic heterocycles. The minimum atomic E-state index is 0.0425. The number of aryl methyl sites for hydroxylation is 2. The van der Waals surface area contributed by atoms with Gasteiger partial charge in [0.05, 0.1) is 6.42 Å². The van der Waals surface area contributed by atoms with Crippen LogP contribution in [0.25, 0.3) is 5.78 Å².